The molecule has 13 rings (SSSR count). The summed E-state index contributed by atoms with van der Waals surface area (Å²) >= 11 is 5.30. The average molecular weight is 911 g/mol. The van der Waals surface area contributed by atoms with Gasteiger partial charge in [0.1, 0.15) is 0 Å². The number of benzene rings is 10. The summed E-state index contributed by atoms with van der Waals surface area (Å²) in [5.74, 6) is 0. The van der Waals surface area contributed by atoms with Gasteiger partial charge in [-0.1, -0.05) is 169 Å². The van der Waals surface area contributed by atoms with E-state index < -0.39 is 0 Å². The fourth-order valence-corrected chi connectivity index (χ4v) is 13.2. The molecule has 0 saturated heterocycles. The van der Waals surface area contributed by atoms with E-state index in [-0.39, 0.29) is 5.43 Å². The van der Waals surface area contributed by atoms with Crippen LogP contribution in [0.25, 0.3) is 64.7 Å². The Hall–Kier alpha value is -7.61. The summed E-state index contributed by atoms with van der Waals surface area (Å²) < 4.78 is 1.86. The first-order valence-electron chi connectivity index (χ1n) is 22.4. The molecule has 6 heteroatoms. The molecular weight excluding hydrogens is 873 g/mol. The Labute approximate surface area is 401 Å². The Kier molecular flexibility index (Phi) is 9.71. The average Bonchev–Trinajstić information content (AvgIpc) is 3.38. The molecule has 3 heterocycles. The third kappa shape index (κ3) is 6.71. The standard InChI is InChI=1S/C61H38N2OS3/c64-61-49-35-33-39(62-51-25-9-1-17-41(51)45-21-5-13-29-55(45)65-56-30-14-6-22-46(56)42-18-2-10-26-52(42)62)37-59(49)67-60-38-40(34-36-50(60)61)63-53-27-11-3-19-43(53)47-23-7-15-31-57(47)66-58-32-16-8-24-48(58)44-20-4-12-28-54(44)63/h1-38H. The Morgan fingerprint density at radius 3 is 0.866 bits per heavy atom. The lowest BCUT2D eigenvalue weighted by molar-refractivity contribution is 1.27. The molecule has 10 aromatic carbocycles. The third-order valence-corrected chi connectivity index (χ3v) is 16.3. The van der Waals surface area contributed by atoms with Gasteiger partial charge in [-0.3, -0.25) is 4.79 Å². The molecule has 0 bridgehead atoms. The molecule has 0 aliphatic carbocycles. The highest BCUT2D eigenvalue weighted by Gasteiger charge is 2.27. The second-order valence-corrected chi connectivity index (χ2v) is 20.0. The first-order valence-corrected chi connectivity index (χ1v) is 24.8. The SMILES string of the molecule is O=c1c2ccc(N3c4ccccc4-c4ccccc4Sc4ccccc4-c4ccccc43)cc2sc2cc(N3c4ccccc4-c4ccccc4Sc4ccccc4-c4ccccc43)ccc12. The maximum atomic E-state index is 14.7. The lowest BCUT2D eigenvalue weighted by Gasteiger charge is -2.31. The molecule has 2 aliphatic heterocycles. The van der Waals surface area contributed by atoms with Crippen molar-refractivity contribution in [1.29, 1.82) is 0 Å². The van der Waals surface area contributed by atoms with E-state index in [2.05, 4.69) is 228 Å². The predicted octanol–water partition coefficient (Wildman–Crippen LogP) is 18.0. The van der Waals surface area contributed by atoms with Gasteiger partial charge in [-0.25, -0.2) is 0 Å². The summed E-state index contributed by atoms with van der Waals surface area (Å²) in [7, 11) is 0. The maximum Gasteiger partial charge on any atom is 0.195 e. The maximum absolute atomic E-state index is 14.7. The molecule has 0 N–H and O–H groups in total. The first-order chi connectivity index (χ1) is 33.2. The lowest BCUT2D eigenvalue weighted by atomic mass is 9.98. The van der Waals surface area contributed by atoms with Gasteiger partial charge in [-0.05, 0) is 107 Å². The largest absolute Gasteiger partial charge is 0.309 e. The Bertz CT molecular complexity index is 3420. The summed E-state index contributed by atoms with van der Waals surface area (Å²) in [5, 5.41) is 1.42. The van der Waals surface area contributed by atoms with Gasteiger partial charge in [0.15, 0.2) is 5.43 Å². The number of rotatable bonds is 2. The molecule has 1 aromatic heterocycles. The zero-order chi connectivity index (χ0) is 44.4. The molecule has 0 atom stereocenters. The highest BCUT2D eigenvalue weighted by Crippen LogP contribution is 2.53. The van der Waals surface area contributed by atoms with E-state index in [0.717, 1.165) is 65.8 Å². The predicted molar refractivity (Wildman–Crippen MR) is 285 cm³/mol. The fourth-order valence-electron chi connectivity index (χ4n) is 9.86. The van der Waals surface area contributed by atoms with Crippen molar-refractivity contribution in [3.63, 3.8) is 0 Å². The van der Waals surface area contributed by atoms with Gasteiger partial charge in [-0.2, -0.15) is 0 Å². The summed E-state index contributed by atoms with van der Waals surface area (Å²) in [6.07, 6.45) is 0. The molecule has 0 unspecified atom stereocenters. The van der Waals surface area contributed by atoms with E-state index >= 15 is 0 Å². The van der Waals surface area contributed by atoms with Crippen LogP contribution in [0.3, 0.4) is 0 Å². The van der Waals surface area contributed by atoms with Crippen LogP contribution in [0, 0.1) is 0 Å². The molecule has 0 radical (unpaired) electrons. The van der Waals surface area contributed by atoms with Gasteiger partial charge in [0.25, 0.3) is 0 Å². The van der Waals surface area contributed by atoms with Crippen LogP contribution in [0.15, 0.2) is 255 Å². The van der Waals surface area contributed by atoms with E-state index in [1.165, 1.54) is 41.8 Å². The number of nitrogens with zero attached hydrogens (tertiary/aromatic N) is 2. The van der Waals surface area contributed by atoms with E-state index in [4.69, 9.17) is 0 Å². The molecule has 2 aliphatic rings. The second-order valence-electron chi connectivity index (χ2n) is 16.7. The van der Waals surface area contributed by atoms with Crippen molar-refractivity contribution in [2.75, 3.05) is 9.80 Å². The summed E-state index contributed by atoms with van der Waals surface area (Å²) in [5.41, 5.74) is 15.5. The van der Waals surface area contributed by atoms with Crippen molar-refractivity contribution in [2.24, 2.45) is 0 Å². The second kappa shape index (κ2) is 16.4. The molecular formula is C61H38N2OS3. The zero-order valence-corrected chi connectivity index (χ0v) is 38.4. The molecule has 0 spiro atoms. The van der Waals surface area contributed by atoms with Crippen LogP contribution < -0.4 is 15.2 Å². The molecule has 0 amide bonds. The smallest absolute Gasteiger partial charge is 0.195 e. The Balaban J connectivity index is 1.03. The van der Waals surface area contributed by atoms with Crippen LogP contribution in [0.1, 0.15) is 0 Å². The monoisotopic (exact) mass is 910 g/mol. The number of para-hydroxylation sites is 4. The van der Waals surface area contributed by atoms with Crippen LogP contribution in [-0.4, -0.2) is 0 Å². The molecule has 3 nitrogen and oxygen atoms in total. The minimum absolute atomic E-state index is 0.0325. The first kappa shape index (κ1) is 39.7. The molecule has 11 aromatic rings. The van der Waals surface area contributed by atoms with Crippen molar-refractivity contribution >= 4 is 89.2 Å². The quantitative estimate of drug-likeness (QED) is 0.161. The number of hydrogen-bond acceptors (Lipinski definition) is 6. The van der Waals surface area contributed by atoms with Crippen LogP contribution >= 0.6 is 34.9 Å². The summed E-state index contributed by atoms with van der Waals surface area (Å²) in [6, 6.07) is 82.4. The third-order valence-electron chi connectivity index (χ3n) is 12.9. The van der Waals surface area contributed by atoms with Crippen LogP contribution in [-0.2, 0) is 0 Å². The van der Waals surface area contributed by atoms with Crippen molar-refractivity contribution in [3.8, 4) is 44.5 Å². The number of anilines is 6. The molecule has 316 valence electrons. The van der Waals surface area contributed by atoms with E-state index in [0.29, 0.717) is 10.8 Å². The highest BCUT2D eigenvalue weighted by molar-refractivity contribution is 8.00. The highest BCUT2D eigenvalue weighted by atomic mass is 32.2. The van der Waals surface area contributed by atoms with Gasteiger partial charge in [0, 0.05) is 73.4 Å². The minimum atomic E-state index is 0.0325. The van der Waals surface area contributed by atoms with Crippen LogP contribution in [0.4, 0.5) is 34.1 Å². The van der Waals surface area contributed by atoms with Gasteiger partial charge < -0.3 is 9.80 Å². The summed E-state index contributed by atoms with van der Waals surface area (Å²) in [4.78, 5) is 24.3. The van der Waals surface area contributed by atoms with Gasteiger partial charge in [-0.15, -0.1) is 11.3 Å². The molecule has 67 heavy (non-hydrogen) atoms. The van der Waals surface area contributed by atoms with Gasteiger partial charge >= 0.3 is 0 Å². The zero-order valence-electron chi connectivity index (χ0n) is 36.0. The minimum Gasteiger partial charge on any atom is -0.309 e. The number of fused-ring (bicyclic) bond motifs is 14. The molecule has 0 saturated carbocycles. The van der Waals surface area contributed by atoms with Crippen molar-refractivity contribution in [3.05, 3.63) is 241 Å². The lowest BCUT2D eigenvalue weighted by Crippen LogP contribution is -2.14. The summed E-state index contributed by atoms with van der Waals surface area (Å²) in [6.45, 7) is 0. The van der Waals surface area contributed by atoms with E-state index in [9.17, 15) is 4.79 Å². The van der Waals surface area contributed by atoms with Crippen molar-refractivity contribution in [2.45, 2.75) is 19.6 Å². The van der Waals surface area contributed by atoms with Crippen molar-refractivity contribution < 1.29 is 0 Å². The van der Waals surface area contributed by atoms with E-state index in [1.807, 2.05) is 35.7 Å². The van der Waals surface area contributed by atoms with Crippen molar-refractivity contribution in [1.82, 2.24) is 0 Å². The van der Waals surface area contributed by atoms with Crippen LogP contribution in [0.2, 0.25) is 0 Å². The van der Waals surface area contributed by atoms with Gasteiger partial charge in [0.05, 0.1) is 22.7 Å². The van der Waals surface area contributed by atoms with E-state index in [1.54, 1.807) is 11.3 Å². The Morgan fingerprint density at radius 2 is 0.552 bits per heavy atom. The Morgan fingerprint density at radius 1 is 0.284 bits per heavy atom. The molecule has 0 fully saturated rings. The topological polar surface area (TPSA) is 23.6 Å². The number of hydrogen-bond donors (Lipinski definition) is 0. The normalized spacial score (nSPS) is 12.7. The van der Waals surface area contributed by atoms with Gasteiger partial charge in [0.2, 0.25) is 0 Å². The fraction of sp³-hybridized carbons (Fsp3) is 0. The van der Waals surface area contributed by atoms with Crippen LogP contribution in [0.5, 0.6) is 0 Å².